The maximum Gasteiger partial charge on any atom is 0.314 e. The molecule has 4 rings (SSSR count). The van der Waals surface area contributed by atoms with Crippen LogP contribution in [0.2, 0.25) is 0 Å². The fourth-order valence-electron chi connectivity index (χ4n) is 4.45. The smallest absolute Gasteiger partial charge is 0.314 e. The Bertz CT molecular complexity index is 857. The fraction of sp³-hybridized carbons (Fsp3) is 0.458. The van der Waals surface area contributed by atoms with Gasteiger partial charge in [0.1, 0.15) is 5.82 Å². The summed E-state index contributed by atoms with van der Waals surface area (Å²) in [5, 5.41) is 6.05. The lowest BCUT2D eigenvalue weighted by molar-refractivity contribution is 0.184. The van der Waals surface area contributed by atoms with Crippen molar-refractivity contribution in [2.24, 2.45) is 5.92 Å². The van der Waals surface area contributed by atoms with Crippen LogP contribution in [0.15, 0.2) is 48.5 Å². The van der Waals surface area contributed by atoms with E-state index < -0.39 is 0 Å². The van der Waals surface area contributed by atoms with Crippen molar-refractivity contribution in [2.75, 3.05) is 37.6 Å². The molecule has 0 unspecified atom stereocenters. The number of anilines is 1. The van der Waals surface area contributed by atoms with E-state index in [2.05, 4.69) is 51.6 Å². The van der Waals surface area contributed by atoms with E-state index >= 15 is 0 Å². The first-order chi connectivity index (χ1) is 14.6. The Morgan fingerprint density at radius 2 is 1.87 bits per heavy atom. The zero-order valence-corrected chi connectivity index (χ0v) is 17.6. The number of rotatable bonds is 6. The number of hydrogen-bond acceptors (Lipinski definition) is 3. The fourth-order valence-corrected chi connectivity index (χ4v) is 4.45. The Morgan fingerprint density at radius 1 is 1.10 bits per heavy atom. The highest BCUT2D eigenvalue weighted by molar-refractivity contribution is 5.73. The molecule has 160 valence electrons. The van der Waals surface area contributed by atoms with Gasteiger partial charge in [-0.3, -0.25) is 4.90 Å². The number of amides is 2. The molecule has 30 heavy (non-hydrogen) atoms. The summed E-state index contributed by atoms with van der Waals surface area (Å²) in [6.45, 7) is 7.27. The van der Waals surface area contributed by atoms with Crippen LogP contribution in [0.3, 0.4) is 0 Å². The van der Waals surface area contributed by atoms with Crippen LogP contribution in [-0.2, 0) is 13.0 Å². The monoisotopic (exact) mass is 410 g/mol. The van der Waals surface area contributed by atoms with Gasteiger partial charge in [0.05, 0.1) is 0 Å². The highest BCUT2D eigenvalue weighted by Crippen LogP contribution is 2.23. The predicted molar refractivity (Wildman–Crippen MR) is 118 cm³/mol. The predicted octanol–water partition coefficient (Wildman–Crippen LogP) is 3.40. The van der Waals surface area contributed by atoms with Gasteiger partial charge in [0.2, 0.25) is 0 Å². The number of carbonyl (C=O) groups is 1. The Balaban J connectivity index is 1.16. The molecule has 2 aliphatic heterocycles. The van der Waals surface area contributed by atoms with E-state index in [1.54, 1.807) is 0 Å². The number of hydrogen-bond donors (Lipinski definition) is 2. The van der Waals surface area contributed by atoms with Gasteiger partial charge in [-0.15, -0.1) is 0 Å². The number of benzene rings is 2. The molecule has 0 radical (unpaired) electrons. The van der Waals surface area contributed by atoms with Crippen molar-refractivity contribution in [3.63, 3.8) is 0 Å². The van der Waals surface area contributed by atoms with Gasteiger partial charge in [-0.25, -0.2) is 9.18 Å². The molecule has 2 amide bonds. The standard InChI is InChI=1S/C24H31FN4O/c1-18(28-13-11-20-4-2-3-5-21(20)17-28)14-26-24(30)27-15-19-10-12-29(16-19)23-8-6-22(25)7-9-23/h2-9,18-19H,10-17H2,1H3,(H2,26,27,30)/t18-,19-/m0/s1. The maximum absolute atomic E-state index is 13.1. The second-order valence-electron chi connectivity index (χ2n) is 8.51. The highest BCUT2D eigenvalue weighted by atomic mass is 19.1. The summed E-state index contributed by atoms with van der Waals surface area (Å²) in [5.74, 6) is 0.202. The number of fused-ring (bicyclic) bond motifs is 1. The van der Waals surface area contributed by atoms with Gasteiger partial charge >= 0.3 is 6.03 Å². The van der Waals surface area contributed by atoms with Crippen molar-refractivity contribution in [2.45, 2.75) is 32.4 Å². The summed E-state index contributed by atoms with van der Waals surface area (Å²) in [6, 6.07) is 15.4. The van der Waals surface area contributed by atoms with Crippen LogP contribution in [0.4, 0.5) is 14.9 Å². The van der Waals surface area contributed by atoms with Crippen LogP contribution in [-0.4, -0.2) is 49.7 Å². The molecule has 5 nitrogen and oxygen atoms in total. The number of carbonyl (C=O) groups excluding carboxylic acids is 1. The molecule has 0 bridgehead atoms. The van der Waals surface area contributed by atoms with Gasteiger partial charge in [-0.2, -0.15) is 0 Å². The minimum atomic E-state index is -0.212. The van der Waals surface area contributed by atoms with E-state index in [1.807, 2.05) is 12.1 Å². The first-order valence-corrected chi connectivity index (χ1v) is 10.9. The van der Waals surface area contributed by atoms with E-state index in [0.29, 0.717) is 25.0 Å². The molecule has 2 heterocycles. The highest BCUT2D eigenvalue weighted by Gasteiger charge is 2.24. The summed E-state index contributed by atoms with van der Waals surface area (Å²) < 4.78 is 13.1. The molecule has 1 saturated heterocycles. The third-order valence-electron chi connectivity index (χ3n) is 6.37. The zero-order chi connectivity index (χ0) is 20.9. The van der Waals surface area contributed by atoms with Gasteiger partial charge in [-0.1, -0.05) is 24.3 Å². The van der Waals surface area contributed by atoms with Crippen LogP contribution in [0.25, 0.3) is 0 Å². The lowest BCUT2D eigenvalue weighted by atomic mass is 9.99. The summed E-state index contributed by atoms with van der Waals surface area (Å²) >= 11 is 0. The Kier molecular flexibility index (Phi) is 6.53. The van der Waals surface area contributed by atoms with Gasteiger partial charge in [0.25, 0.3) is 0 Å². The van der Waals surface area contributed by atoms with Gasteiger partial charge in [0, 0.05) is 51.0 Å². The van der Waals surface area contributed by atoms with Crippen LogP contribution in [0.5, 0.6) is 0 Å². The van der Waals surface area contributed by atoms with Crippen molar-refractivity contribution in [3.8, 4) is 0 Å². The van der Waals surface area contributed by atoms with Crippen LogP contribution >= 0.6 is 0 Å². The lowest BCUT2D eigenvalue weighted by Gasteiger charge is -2.33. The van der Waals surface area contributed by atoms with Crippen molar-refractivity contribution in [1.82, 2.24) is 15.5 Å². The number of nitrogens with zero attached hydrogens (tertiary/aromatic N) is 2. The minimum absolute atomic E-state index is 0.0977. The van der Waals surface area contributed by atoms with E-state index in [9.17, 15) is 9.18 Å². The van der Waals surface area contributed by atoms with E-state index in [0.717, 1.165) is 44.7 Å². The summed E-state index contributed by atoms with van der Waals surface area (Å²) in [6.07, 6.45) is 2.10. The molecular formula is C24H31FN4O. The van der Waals surface area contributed by atoms with Gasteiger partial charge in [0.15, 0.2) is 0 Å². The SMILES string of the molecule is C[C@@H](CNC(=O)NC[C@@H]1CCN(c2ccc(F)cc2)C1)N1CCc2ccccc2C1. The summed E-state index contributed by atoms with van der Waals surface area (Å²) in [7, 11) is 0. The first-order valence-electron chi connectivity index (χ1n) is 10.9. The molecule has 2 aromatic carbocycles. The average molecular weight is 411 g/mol. The van der Waals surface area contributed by atoms with E-state index in [1.165, 1.54) is 23.3 Å². The molecule has 1 fully saturated rings. The molecule has 0 spiro atoms. The van der Waals surface area contributed by atoms with Crippen LogP contribution < -0.4 is 15.5 Å². The van der Waals surface area contributed by atoms with Crippen LogP contribution in [0, 0.1) is 11.7 Å². The maximum atomic E-state index is 13.1. The molecule has 0 saturated carbocycles. The molecule has 2 N–H and O–H groups in total. The van der Waals surface area contributed by atoms with Crippen molar-refractivity contribution >= 4 is 11.7 Å². The second kappa shape index (κ2) is 9.47. The largest absolute Gasteiger partial charge is 0.371 e. The van der Waals surface area contributed by atoms with E-state index in [-0.39, 0.29) is 11.8 Å². The normalized spacial score (nSPS) is 19.9. The van der Waals surface area contributed by atoms with Gasteiger partial charge in [-0.05, 0) is 61.1 Å². The first kappa shape index (κ1) is 20.7. The Morgan fingerprint density at radius 3 is 2.67 bits per heavy atom. The summed E-state index contributed by atoms with van der Waals surface area (Å²) in [4.78, 5) is 17.0. The molecule has 2 aromatic rings. The zero-order valence-electron chi connectivity index (χ0n) is 17.6. The molecular weight excluding hydrogens is 379 g/mol. The quantitative estimate of drug-likeness (QED) is 0.767. The van der Waals surface area contributed by atoms with Crippen molar-refractivity contribution < 1.29 is 9.18 Å². The molecule has 2 aliphatic rings. The minimum Gasteiger partial charge on any atom is -0.371 e. The molecule has 2 atom stereocenters. The molecule has 0 aromatic heterocycles. The topological polar surface area (TPSA) is 47.6 Å². The second-order valence-corrected chi connectivity index (χ2v) is 8.51. The third kappa shape index (κ3) is 5.11. The van der Waals surface area contributed by atoms with Crippen LogP contribution in [0.1, 0.15) is 24.5 Å². The van der Waals surface area contributed by atoms with Crippen molar-refractivity contribution in [3.05, 3.63) is 65.5 Å². The Hall–Kier alpha value is -2.60. The van der Waals surface area contributed by atoms with E-state index in [4.69, 9.17) is 0 Å². The summed E-state index contributed by atoms with van der Waals surface area (Å²) in [5.41, 5.74) is 3.88. The van der Waals surface area contributed by atoms with Crippen molar-refractivity contribution in [1.29, 1.82) is 0 Å². The van der Waals surface area contributed by atoms with Gasteiger partial charge < -0.3 is 15.5 Å². The molecule has 6 heteroatoms. The number of nitrogens with one attached hydrogen (secondary N) is 2. The number of urea groups is 1. The average Bonchev–Trinajstić information content (AvgIpc) is 3.25. The lowest BCUT2D eigenvalue weighted by Crippen LogP contribution is -2.47. The third-order valence-corrected chi connectivity index (χ3v) is 6.37. The Labute approximate surface area is 178 Å². The molecule has 0 aliphatic carbocycles. The number of halogens is 1.